The topological polar surface area (TPSA) is 151 Å². The van der Waals surface area contributed by atoms with Gasteiger partial charge in [-0.15, -0.1) is 0 Å². The minimum atomic E-state index is -3.80. The van der Waals surface area contributed by atoms with Crippen molar-refractivity contribution in [1.82, 2.24) is 4.90 Å². The summed E-state index contributed by atoms with van der Waals surface area (Å²) in [4.78, 5) is 37.2. The maximum atomic E-state index is 12.3. The zero-order chi connectivity index (χ0) is 23.0. The highest BCUT2D eigenvalue weighted by Crippen LogP contribution is 2.14. The SMILES string of the molecule is CCN(CC(=O)Nc1ccc(NC(C)=O)cc1)CC(=O)Nc1ccc(S(N)(=O)=O)cc1. The number of nitrogens with one attached hydrogen (secondary N) is 3. The molecule has 166 valence electrons. The van der Waals surface area contributed by atoms with Crippen molar-refractivity contribution in [3.63, 3.8) is 0 Å². The van der Waals surface area contributed by atoms with Crippen molar-refractivity contribution < 1.29 is 22.8 Å². The highest BCUT2D eigenvalue weighted by atomic mass is 32.2. The van der Waals surface area contributed by atoms with Gasteiger partial charge in [-0.25, -0.2) is 13.6 Å². The van der Waals surface area contributed by atoms with E-state index in [1.807, 2.05) is 6.92 Å². The quantitative estimate of drug-likeness (QED) is 0.453. The Balaban J connectivity index is 1.87. The number of sulfonamides is 1. The Labute approximate surface area is 180 Å². The predicted octanol–water partition coefficient (Wildman–Crippen LogP) is 1.19. The summed E-state index contributed by atoms with van der Waals surface area (Å²) in [5.41, 5.74) is 1.60. The molecule has 2 aromatic carbocycles. The molecule has 10 nitrogen and oxygen atoms in total. The fourth-order valence-electron chi connectivity index (χ4n) is 2.65. The molecule has 0 aliphatic rings. The number of nitrogens with two attached hydrogens (primary N) is 1. The second-order valence-electron chi connectivity index (χ2n) is 6.73. The molecule has 0 bridgehead atoms. The van der Waals surface area contributed by atoms with E-state index in [2.05, 4.69) is 16.0 Å². The predicted molar refractivity (Wildman–Crippen MR) is 118 cm³/mol. The average molecular weight is 448 g/mol. The molecule has 2 aromatic rings. The molecule has 0 saturated heterocycles. The first-order valence-corrected chi connectivity index (χ1v) is 10.9. The van der Waals surface area contributed by atoms with Gasteiger partial charge in [0.05, 0.1) is 18.0 Å². The van der Waals surface area contributed by atoms with E-state index < -0.39 is 10.0 Å². The summed E-state index contributed by atoms with van der Waals surface area (Å²) in [6.45, 7) is 3.67. The molecule has 0 unspecified atom stereocenters. The first kappa shape index (κ1) is 24.0. The van der Waals surface area contributed by atoms with E-state index in [0.29, 0.717) is 23.6 Å². The lowest BCUT2D eigenvalue weighted by Crippen LogP contribution is -2.38. The van der Waals surface area contributed by atoms with Gasteiger partial charge in [-0.1, -0.05) is 6.92 Å². The summed E-state index contributed by atoms with van der Waals surface area (Å²) in [6, 6.07) is 12.1. The van der Waals surface area contributed by atoms with Crippen LogP contribution in [-0.2, 0) is 24.4 Å². The number of hydrogen-bond donors (Lipinski definition) is 4. The van der Waals surface area contributed by atoms with Crippen LogP contribution < -0.4 is 21.1 Å². The molecule has 31 heavy (non-hydrogen) atoms. The lowest BCUT2D eigenvalue weighted by Gasteiger charge is -2.19. The van der Waals surface area contributed by atoms with Crippen molar-refractivity contribution in [2.24, 2.45) is 5.14 Å². The molecule has 0 aliphatic carbocycles. The van der Waals surface area contributed by atoms with E-state index in [0.717, 1.165) is 0 Å². The van der Waals surface area contributed by atoms with Crippen LogP contribution in [0.15, 0.2) is 53.4 Å². The van der Waals surface area contributed by atoms with Crippen LogP contribution in [0.25, 0.3) is 0 Å². The molecule has 0 saturated carbocycles. The van der Waals surface area contributed by atoms with Gasteiger partial charge in [0.2, 0.25) is 27.7 Å². The van der Waals surface area contributed by atoms with Gasteiger partial charge in [-0.05, 0) is 55.1 Å². The van der Waals surface area contributed by atoms with E-state index in [1.54, 1.807) is 29.2 Å². The van der Waals surface area contributed by atoms with Gasteiger partial charge in [0, 0.05) is 24.0 Å². The first-order valence-electron chi connectivity index (χ1n) is 9.39. The van der Waals surface area contributed by atoms with E-state index in [1.165, 1.54) is 31.2 Å². The van der Waals surface area contributed by atoms with Crippen molar-refractivity contribution in [3.8, 4) is 0 Å². The number of hydrogen-bond acceptors (Lipinski definition) is 6. The minimum absolute atomic E-state index is 0.00171. The van der Waals surface area contributed by atoms with Crippen LogP contribution in [-0.4, -0.2) is 50.7 Å². The van der Waals surface area contributed by atoms with Crippen LogP contribution in [0.3, 0.4) is 0 Å². The monoisotopic (exact) mass is 447 g/mol. The Morgan fingerprint density at radius 1 is 0.806 bits per heavy atom. The molecule has 5 N–H and O–H groups in total. The molecular weight excluding hydrogens is 422 g/mol. The number of likely N-dealkylation sites (N-methyl/N-ethyl adjacent to an activating group) is 1. The van der Waals surface area contributed by atoms with Gasteiger partial charge in [-0.3, -0.25) is 19.3 Å². The molecule has 0 atom stereocenters. The third-order valence-corrected chi connectivity index (χ3v) is 5.07. The highest BCUT2D eigenvalue weighted by molar-refractivity contribution is 7.89. The van der Waals surface area contributed by atoms with Crippen molar-refractivity contribution in [2.75, 3.05) is 35.6 Å². The van der Waals surface area contributed by atoms with E-state index >= 15 is 0 Å². The summed E-state index contributed by atoms with van der Waals surface area (Å²) in [5, 5.41) is 13.1. The third kappa shape index (κ3) is 8.16. The van der Waals surface area contributed by atoms with Crippen molar-refractivity contribution in [2.45, 2.75) is 18.7 Å². The fourth-order valence-corrected chi connectivity index (χ4v) is 3.17. The van der Waals surface area contributed by atoms with E-state index in [9.17, 15) is 22.8 Å². The van der Waals surface area contributed by atoms with Crippen LogP contribution in [0, 0.1) is 0 Å². The first-order chi connectivity index (χ1) is 14.6. The fraction of sp³-hybridized carbons (Fsp3) is 0.250. The highest BCUT2D eigenvalue weighted by Gasteiger charge is 2.14. The van der Waals surface area contributed by atoms with Crippen LogP contribution in [0.4, 0.5) is 17.1 Å². The molecule has 2 rings (SSSR count). The number of nitrogens with zero attached hydrogens (tertiary/aromatic N) is 1. The van der Waals surface area contributed by atoms with E-state index in [-0.39, 0.29) is 35.7 Å². The van der Waals surface area contributed by atoms with Gasteiger partial charge in [0.1, 0.15) is 0 Å². The summed E-state index contributed by atoms with van der Waals surface area (Å²) >= 11 is 0. The molecule has 0 fully saturated rings. The van der Waals surface area contributed by atoms with Gasteiger partial charge >= 0.3 is 0 Å². The lowest BCUT2D eigenvalue weighted by molar-refractivity contribution is -0.120. The zero-order valence-electron chi connectivity index (χ0n) is 17.2. The lowest BCUT2D eigenvalue weighted by atomic mass is 10.2. The van der Waals surface area contributed by atoms with E-state index in [4.69, 9.17) is 5.14 Å². The Morgan fingerprint density at radius 2 is 1.19 bits per heavy atom. The average Bonchev–Trinajstić information content (AvgIpc) is 2.68. The van der Waals surface area contributed by atoms with Gasteiger partial charge in [0.15, 0.2) is 0 Å². The molecule has 0 radical (unpaired) electrons. The number of anilines is 3. The largest absolute Gasteiger partial charge is 0.326 e. The molecule has 0 aliphatic heterocycles. The molecule has 3 amide bonds. The van der Waals surface area contributed by atoms with Crippen LogP contribution in [0.2, 0.25) is 0 Å². The Bertz CT molecular complexity index is 1040. The maximum absolute atomic E-state index is 12.3. The second-order valence-corrected chi connectivity index (χ2v) is 8.29. The zero-order valence-corrected chi connectivity index (χ0v) is 18.0. The maximum Gasteiger partial charge on any atom is 0.238 e. The summed E-state index contributed by atoms with van der Waals surface area (Å²) in [6.07, 6.45) is 0. The second kappa shape index (κ2) is 10.7. The van der Waals surface area contributed by atoms with Crippen LogP contribution in [0.5, 0.6) is 0 Å². The van der Waals surface area contributed by atoms with Crippen molar-refractivity contribution >= 4 is 44.8 Å². The molecule has 0 spiro atoms. The summed E-state index contributed by atoms with van der Waals surface area (Å²) < 4.78 is 22.5. The number of rotatable bonds is 9. The number of benzene rings is 2. The van der Waals surface area contributed by atoms with Crippen LogP contribution >= 0.6 is 0 Å². The third-order valence-electron chi connectivity index (χ3n) is 4.14. The Kier molecular flexibility index (Phi) is 8.25. The number of primary sulfonamides is 1. The minimum Gasteiger partial charge on any atom is -0.326 e. The smallest absolute Gasteiger partial charge is 0.238 e. The number of carbonyl (C=O) groups is 3. The molecule has 0 heterocycles. The standard InChI is InChI=1S/C20H25N5O5S/c1-3-25(12-19(27)23-16-6-4-15(5-7-16)22-14(2)26)13-20(28)24-17-8-10-18(11-9-17)31(21,29)30/h4-11H,3,12-13H2,1-2H3,(H,22,26)(H,23,27)(H,24,28)(H2,21,29,30). The summed E-state index contributed by atoms with van der Waals surface area (Å²) in [5.74, 6) is -0.828. The van der Waals surface area contributed by atoms with Gasteiger partial charge in [-0.2, -0.15) is 0 Å². The summed E-state index contributed by atoms with van der Waals surface area (Å²) in [7, 11) is -3.80. The van der Waals surface area contributed by atoms with Crippen LogP contribution in [0.1, 0.15) is 13.8 Å². The number of carbonyl (C=O) groups excluding carboxylic acids is 3. The molecular formula is C20H25N5O5S. The van der Waals surface area contributed by atoms with Gasteiger partial charge in [0.25, 0.3) is 0 Å². The molecule has 11 heteroatoms. The Morgan fingerprint density at radius 3 is 1.55 bits per heavy atom. The molecule has 0 aromatic heterocycles. The van der Waals surface area contributed by atoms with Gasteiger partial charge < -0.3 is 16.0 Å². The van der Waals surface area contributed by atoms with Crippen molar-refractivity contribution in [3.05, 3.63) is 48.5 Å². The Hall–Kier alpha value is -3.28. The van der Waals surface area contributed by atoms with Crippen molar-refractivity contribution in [1.29, 1.82) is 0 Å². The number of amides is 3. The normalized spacial score (nSPS) is 11.1.